The van der Waals surface area contributed by atoms with Gasteiger partial charge in [0.15, 0.2) is 5.69 Å². The Morgan fingerprint density at radius 3 is 3.00 bits per heavy atom. The second-order valence-electron chi connectivity index (χ2n) is 4.91. The van der Waals surface area contributed by atoms with Crippen LogP contribution in [0.2, 0.25) is 0 Å². The van der Waals surface area contributed by atoms with Gasteiger partial charge in [-0.15, -0.1) is 0 Å². The Labute approximate surface area is 126 Å². The van der Waals surface area contributed by atoms with Gasteiger partial charge in [0.05, 0.1) is 18.5 Å². The van der Waals surface area contributed by atoms with Crippen LogP contribution < -0.4 is 0 Å². The van der Waals surface area contributed by atoms with E-state index >= 15 is 0 Å². The van der Waals surface area contributed by atoms with Gasteiger partial charge in [-0.2, -0.15) is 5.10 Å². The lowest BCUT2D eigenvalue weighted by Gasteiger charge is -2.02. The molecule has 0 atom stereocenters. The Morgan fingerprint density at radius 1 is 1.14 bits per heavy atom. The zero-order valence-electron chi connectivity index (χ0n) is 11.6. The minimum Gasteiger partial charge on any atom is -0.346 e. The summed E-state index contributed by atoms with van der Waals surface area (Å²) in [5.74, 6) is 0. The van der Waals surface area contributed by atoms with Crippen molar-refractivity contribution >= 4 is 16.7 Å². The second kappa shape index (κ2) is 4.86. The van der Waals surface area contributed by atoms with Crippen molar-refractivity contribution in [3.05, 3.63) is 72.6 Å². The van der Waals surface area contributed by atoms with Crippen molar-refractivity contribution < 1.29 is 0 Å². The van der Waals surface area contributed by atoms with E-state index in [1.54, 1.807) is 12.3 Å². The third kappa shape index (κ3) is 1.95. The normalized spacial score (nSPS) is 10.7. The molecular weight excluding hydrogens is 274 g/mol. The zero-order valence-corrected chi connectivity index (χ0v) is 11.6. The molecule has 5 nitrogen and oxygen atoms in total. The van der Waals surface area contributed by atoms with Gasteiger partial charge in [0.1, 0.15) is 5.65 Å². The Balaban J connectivity index is 1.81. The van der Waals surface area contributed by atoms with Gasteiger partial charge in [-0.05, 0) is 23.8 Å². The maximum Gasteiger partial charge on any atom is 0.187 e. The van der Waals surface area contributed by atoms with Crippen molar-refractivity contribution in [1.29, 1.82) is 0 Å². The number of hydrogen-bond acceptors (Lipinski definition) is 2. The van der Waals surface area contributed by atoms with Gasteiger partial charge < -0.3 is 4.98 Å². The zero-order chi connectivity index (χ0) is 14.9. The molecule has 3 heterocycles. The number of pyridine rings is 1. The number of rotatable bonds is 2. The number of nitrogens with one attached hydrogen (secondary N) is 1. The molecule has 0 radical (unpaired) electrons. The molecule has 104 valence electrons. The lowest BCUT2D eigenvalue weighted by atomic mass is 10.1. The van der Waals surface area contributed by atoms with Crippen LogP contribution in [0.4, 0.5) is 5.69 Å². The molecule has 0 unspecified atom stereocenters. The van der Waals surface area contributed by atoms with E-state index in [4.69, 9.17) is 6.57 Å². The Kier molecular flexibility index (Phi) is 2.73. The second-order valence-corrected chi connectivity index (χ2v) is 4.91. The minimum atomic E-state index is 0.627. The highest BCUT2D eigenvalue weighted by molar-refractivity contribution is 5.84. The maximum atomic E-state index is 7.11. The molecule has 1 aromatic carbocycles. The fourth-order valence-electron chi connectivity index (χ4n) is 2.50. The molecule has 4 rings (SSSR count). The van der Waals surface area contributed by atoms with Crippen molar-refractivity contribution in [1.82, 2.24) is 19.7 Å². The van der Waals surface area contributed by atoms with E-state index in [0.717, 1.165) is 27.8 Å². The van der Waals surface area contributed by atoms with Crippen LogP contribution in [0, 0.1) is 6.57 Å². The molecule has 0 saturated carbocycles. The topological polar surface area (TPSA) is 50.9 Å². The fraction of sp³-hybridized carbons (Fsp3) is 0. The summed E-state index contributed by atoms with van der Waals surface area (Å²) in [7, 11) is 0. The summed E-state index contributed by atoms with van der Waals surface area (Å²) < 4.78 is 1.83. The van der Waals surface area contributed by atoms with E-state index in [1.807, 2.05) is 53.6 Å². The molecule has 0 saturated heterocycles. The van der Waals surface area contributed by atoms with E-state index in [9.17, 15) is 0 Å². The summed E-state index contributed by atoms with van der Waals surface area (Å²) in [4.78, 5) is 10.8. The maximum absolute atomic E-state index is 7.11. The molecule has 4 aromatic rings. The first-order chi connectivity index (χ1) is 10.8. The first-order valence-electron chi connectivity index (χ1n) is 6.80. The lowest BCUT2D eigenvalue weighted by molar-refractivity contribution is 0.886. The molecule has 22 heavy (non-hydrogen) atoms. The van der Waals surface area contributed by atoms with Crippen LogP contribution in [0.15, 0.2) is 61.2 Å². The number of nitrogens with zero attached hydrogens (tertiary/aromatic N) is 4. The third-order valence-corrected chi connectivity index (χ3v) is 3.58. The van der Waals surface area contributed by atoms with E-state index < -0.39 is 0 Å². The first kappa shape index (κ1) is 12.4. The Hall–Kier alpha value is -3.39. The van der Waals surface area contributed by atoms with Crippen LogP contribution in [0.1, 0.15) is 0 Å². The van der Waals surface area contributed by atoms with Gasteiger partial charge in [0.2, 0.25) is 0 Å². The summed E-state index contributed by atoms with van der Waals surface area (Å²) in [5, 5.41) is 5.47. The van der Waals surface area contributed by atoms with Crippen molar-refractivity contribution in [2.24, 2.45) is 0 Å². The summed E-state index contributed by atoms with van der Waals surface area (Å²) in [6.45, 7) is 7.11. The molecule has 0 aliphatic rings. The van der Waals surface area contributed by atoms with Crippen LogP contribution >= 0.6 is 0 Å². The van der Waals surface area contributed by atoms with Gasteiger partial charge in [0.25, 0.3) is 0 Å². The summed E-state index contributed by atoms with van der Waals surface area (Å²) in [5.41, 5.74) is 4.40. The van der Waals surface area contributed by atoms with Gasteiger partial charge in [-0.3, -0.25) is 0 Å². The van der Waals surface area contributed by atoms with Crippen LogP contribution in [-0.4, -0.2) is 19.7 Å². The molecular formula is C17H11N5. The van der Waals surface area contributed by atoms with E-state index in [-0.39, 0.29) is 0 Å². The predicted molar refractivity (Wildman–Crippen MR) is 84.9 cm³/mol. The number of aromatic amines is 1. The molecule has 5 heteroatoms. The molecule has 0 aliphatic carbocycles. The third-order valence-electron chi connectivity index (χ3n) is 3.58. The predicted octanol–water partition coefficient (Wildman–Crippen LogP) is 3.97. The highest BCUT2D eigenvalue weighted by Crippen LogP contribution is 2.26. The summed E-state index contributed by atoms with van der Waals surface area (Å²) >= 11 is 0. The van der Waals surface area contributed by atoms with Gasteiger partial charge in [-0.1, -0.05) is 18.2 Å². The molecule has 1 N–H and O–H groups in total. The SMILES string of the molecule is [C-]#[N+]c1cccc(-c2cnn(-c3ccnc4[nH]ccc34)c2)c1. The smallest absolute Gasteiger partial charge is 0.187 e. The molecule has 0 spiro atoms. The highest BCUT2D eigenvalue weighted by atomic mass is 15.3. The molecule has 0 aliphatic heterocycles. The van der Waals surface area contributed by atoms with Crippen molar-refractivity contribution in [3.63, 3.8) is 0 Å². The lowest BCUT2D eigenvalue weighted by Crippen LogP contribution is -1.95. The largest absolute Gasteiger partial charge is 0.346 e. The van der Waals surface area contributed by atoms with Crippen molar-refractivity contribution in [2.75, 3.05) is 0 Å². The first-order valence-corrected chi connectivity index (χ1v) is 6.80. The minimum absolute atomic E-state index is 0.627. The molecule has 3 aromatic heterocycles. The standard InChI is InChI=1S/C17H11N5/c1-18-14-4-2-3-12(9-14)13-10-21-22(11-13)16-6-8-20-17-15(16)5-7-19-17/h2-11H,(H,19,20). The molecule has 0 fully saturated rings. The number of aromatic nitrogens is 4. The summed E-state index contributed by atoms with van der Waals surface area (Å²) in [6, 6.07) is 11.5. The van der Waals surface area contributed by atoms with E-state index in [0.29, 0.717) is 5.69 Å². The quantitative estimate of drug-likeness (QED) is 0.567. The highest BCUT2D eigenvalue weighted by Gasteiger charge is 2.08. The van der Waals surface area contributed by atoms with Crippen molar-refractivity contribution in [3.8, 4) is 16.8 Å². The van der Waals surface area contributed by atoms with Crippen LogP contribution in [0.5, 0.6) is 0 Å². The average Bonchev–Trinajstić information content (AvgIpc) is 3.23. The van der Waals surface area contributed by atoms with Crippen LogP contribution in [0.25, 0.3) is 32.7 Å². The van der Waals surface area contributed by atoms with Gasteiger partial charge in [-0.25, -0.2) is 14.5 Å². The number of H-pyrrole nitrogens is 1. The van der Waals surface area contributed by atoms with E-state index in [1.165, 1.54) is 0 Å². The monoisotopic (exact) mass is 285 g/mol. The van der Waals surface area contributed by atoms with Crippen LogP contribution in [0.3, 0.4) is 0 Å². The van der Waals surface area contributed by atoms with Gasteiger partial charge >= 0.3 is 0 Å². The number of benzene rings is 1. The Bertz CT molecular complexity index is 1000. The molecule has 0 amide bonds. The van der Waals surface area contributed by atoms with Crippen molar-refractivity contribution in [2.45, 2.75) is 0 Å². The number of hydrogen-bond donors (Lipinski definition) is 1. The fourth-order valence-corrected chi connectivity index (χ4v) is 2.50. The summed E-state index contributed by atoms with van der Waals surface area (Å²) in [6.07, 6.45) is 7.40. The molecule has 0 bridgehead atoms. The van der Waals surface area contributed by atoms with Crippen LogP contribution in [-0.2, 0) is 0 Å². The van der Waals surface area contributed by atoms with E-state index in [2.05, 4.69) is 19.9 Å². The average molecular weight is 285 g/mol. The number of fused-ring (bicyclic) bond motifs is 1. The Morgan fingerprint density at radius 2 is 2.09 bits per heavy atom. The van der Waals surface area contributed by atoms with Gasteiger partial charge in [0, 0.05) is 29.5 Å².